The Labute approximate surface area is 248 Å². The number of unbranched alkanes of at least 4 members (excludes halogenated alkanes) is 3. The van der Waals surface area contributed by atoms with Crippen LogP contribution in [0, 0.1) is 0 Å². The van der Waals surface area contributed by atoms with Gasteiger partial charge in [0.1, 0.15) is 0 Å². The number of para-hydroxylation sites is 1. The Morgan fingerprint density at radius 3 is 2.67 bits per heavy atom. The number of anilines is 1. The summed E-state index contributed by atoms with van der Waals surface area (Å²) < 4.78 is 14.4. The lowest BCUT2D eigenvalue weighted by Crippen LogP contribution is -2.53. The Morgan fingerprint density at radius 2 is 1.86 bits per heavy atom. The van der Waals surface area contributed by atoms with Gasteiger partial charge in [-0.05, 0) is 73.4 Å². The summed E-state index contributed by atoms with van der Waals surface area (Å²) in [6, 6.07) is 21.2. The van der Waals surface area contributed by atoms with E-state index in [4.69, 9.17) is 9.47 Å². The Hall–Kier alpha value is -3.61. The Morgan fingerprint density at radius 1 is 1.02 bits per heavy atom. The van der Waals surface area contributed by atoms with E-state index in [0.29, 0.717) is 25.2 Å². The van der Waals surface area contributed by atoms with Crippen molar-refractivity contribution in [1.29, 1.82) is 0 Å². The first kappa shape index (κ1) is 28.5. The van der Waals surface area contributed by atoms with Gasteiger partial charge in [0.05, 0.1) is 18.8 Å². The molecule has 0 spiro atoms. The lowest BCUT2D eigenvalue weighted by molar-refractivity contribution is -0.0153. The fourth-order valence-electron chi connectivity index (χ4n) is 7.22. The van der Waals surface area contributed by atoms with Crippen LogP contribution in [0.4, 0.5) is 5.69 Å². The molecule has 6 nitrogen and oxygen atoms in total. The highest BCUT2D eigenvalue weighted by Crippen LogP contribution is 2.57. The predicted octanol–water partition coefficient (Wildman–Crippen LogP) is 7.45. The van der Waals surface area contributed by atoms with Crippen LogP contribution in [0.3, 0.4) is 0 Å². The summed E-state index contributed by atoms with van der Waals surface area (Å²) in [6.45, 7) is 8.90. The van der Waals surface area contributed by atoms with Gasteiger partial charge in [0.25, 0.3) is 0 Å². The monoisotopic (exact) mass is 566 g/mol. The molecule has 0 aliphatic carbocycles. The summed E-state index contributed by atoms with van der Waals surface area (Å²) in [7, 11) is 0. The number of nitrogens with zero attached hydrogens (tertiary/aromatic N) is 2. The smallest absolute Gasteiger partial charge is 0.338 e. The van der Waals surface area contributed by atoms with Crippen molar-refractivity contribution >= 4 is 39.5 Å². The summed E-state index contributed by atoms with van der Waals surface area (Å²) in [5, 5.41) is 12.8. The Balaban J connectivity index is 1.39. The van der Waals surface area contributed by atoms with Crippen LogP contribution in [0.25, 0.3) is 27.9 Å². The van der Waals surface area contributed by atoms with Crippen molar-refractivity contribution in [2.75, 3.05) is 31.3 Å². The van der Waals surface area contributed by atoms with Gasteiger partial charge in [-0.15, -0.1) is 0 Å². The molecule has 6 rings (SSSR count). The van der Waals surface area contributed by atoms with E-state index in [1.165, 1.54) is 47.5 Å². The van der Waals surface area contributed by atoms with Crippen molar-refractivity contribution in [3.63, 3.8) is 0 Å². The van der Waals surface area contributed by atoms with Gasteiger partial charge in [0, 0.05) is 52.6 Å². The van der Waals surface area contributed by atoms with Crippen LogP contribution in [-0.2, 0) is 21.4 Å². The van der Waals surface area contributed by atoms with Crippen LogP contribution < -0.4 is 4.90 Å². The van der Waals surface area contributed by atoms with Crippen molar-refractivity contribution in [1.82, 2.24) is 4.57 Å². The summed E-state index contributed by atoms with van der Waals surface area (Å²) in [5.41, 5.74) is 4.90. The zero-order valence-corrected chi connectivity index (χ0v) is 25.1. The fraction of sp³-hybridized carbons (Fsp3) is 0.417. The van der Waals surface area contributed by atoms with Gasteiger partial charge in [-0.25, -0.2) is 4.79 Å². The van der Waals surface area contributed by atoms with Gasteiger partial charge in [-0.2, -0.15) is 0 Å². The van der Waals surface area contributed by atoms with Gasteiger partial charge in [-0.1, -0.05) is 63.5 Å². The maximum absolute atomic E-state index is 12.6. The highest BCUT2D eigenvalue weighted by molar-refractivity contribution is 6.08. The number of carbonyl (C=O) groups excluding carboxylic acids is 1. The summed E-state index contributed by atoms with van der Waals surface area (Å²) in [5.74, 6) is -0.331. The second-order valence-electron chi connectivity index (χ2n) is 11.8. The van der Waals surface area contributed by atoms with Crippen molar-refractivity contribution in [3.8, 4) is 0 Å². The number of aromatic nitrogens is 1. The third-order valence-electron chi connectivity index (χ3n) is 9.37. The minimum Gasteiger partial charge on any atom is -0.462 e. The largest absolute Gasteiger partial charge is 0.462 e. The topological polar surface area (TPSA) is 63.9 Å². The van der Waals surface area contributed by atoms with Gasteiger partial charge < -0.3 is 24.0 Å². The van der Waals surface area contributed by atoms with E-state index in [1.807, 2.05) is 25.1 Å². The summed E-state index contributed by atoms with van der Waals surface area (Å²) >= 11 is 0. The molecule has 1 aromatic heterocycles. The molecule has 6 heteroatoms. The minimum atomic E-state index is -0.770. The number of aliphatic hydroxyl groups is 1. The molecule has 2 unspecified atom stereocenters. The highest BCUT2D eigenvalue weighted by atomic mass is 16.5. The van der Waals surface area contributed by atoms with Gasteiger partial charge in [0.2, 0.25) is 0 Å². The molecular formula is C36H42N2O4. The summed E-state index contributed by atoms with van der Waals surface area (Å²) in [6.07, 6.45) is 9.78. The average molecular weight is 567 g/mol. The van der Waals surface area contributed by atoms with E-state index in [-0.39, 0.29) is 12.6 Å². The molecule has 2 atom stereocenters. The zero-order chi connectivity index (χ0) is 29.3. The standard InChI is InChI=1S/C36H42N2O4/c1-4-6-7-10-20-37-31-12-9-8-11-28(31)29-24-26(13-15-32(29)37)17-18-36-35(3,19-22-39)30-25-27(34(40)41-5-2)14-16-33(30)38(36)21-23-42-36/h8-9,11-18,24-25,39H,4-7,10,19-23H2,1-3H3/b18-17+. The van der Waals surface area contributed by atoms with Crippen LogP contribution in [0.2, 0.25) is 0 Å². The number of aliphatic hydroxyl groups excluding tert-OH is 1. The number of hydrogen-bond donors (Lipinski definition) is 1. The molecule has 1 fully saturated rings. The molecule has 0 saturated carbocycles. The molecule has 1 N–H and O–H groups in total. The highest BCUT2D eigenvalue weighted by Gasteiger charge is 2.61. The molecule has 3 heterocycles. The molecule has 42 heavy (non-hydrogen) atoms. The third-order valence-corrected chi connectivity index (χ3v) is 9.37. The quantitative estimate of drug-likeness (QED) is 0.151. The minimum absolute atomic E-state index is 0.0100. The van der Waals surface area contributed by atoms with Gasteiger partial charge >= 0.3 is 5.97 Å². The normalized spacial score (nSPS) is 21.5. The average Bonchev–Trinajstić information content (AvgIpc) is 3.63. The number of fused-ring (bicyclic) bond motifs is 6. The maximum Gasteiger partial charge on any atom is 0.338 e. The SMILES string of the molecule is CCCCCCn1c2ccccc2c2cc(/C=C/C34OCCN3c3ccc(C(=O)OCC)cc3C4(C)CCO)ccc21. The second kappa shape index (κ2) is 11.6. The second-order valence-corrected chi connectivity index (χ2v) is 11.8. The van der Waals surface area contributed by atoms with E-state index in [9.17, 15) is 9.90 Å². The van der Waals surface area contributed by atoms with E-state index in [0.717, 1.165) is 29.9 Å². The molecule has 4 aromatic rings. The maximum atomic E-state index is 12.6. The van der Waals surface area contributed by atoms with E-state index >= 15 is 0 Å². The van der Waals surface area contributed by atoms with E-state index < -0.39 is 11.1 Å². The molecule has 0 radical (unpaired) electrons. The number of benzene rings is 3. The lowest BCUT2D eigenvalue weighted by Gasteiger charge is -2.42. The van der Waals surface area contributed by atoms with Crippen molar-refractivity contribution in [2.45, 2.75) is 70.6 Å². The fourth-order valence-corrected chi connectivity index (χ4v) is 7.22. The number of esters is 1. The number of hydrogen-bond acceptors (Lipinski definition) is 5. The molecule has 3 aromatic carbocycles. The third kappa shape index (κ3) is 4.52. The lowest BCUT2D eigenvalue weighted by atomic mass is 9.72. The Bertz CT molecular complexity index is 1640. The van der Waals surface area contributed by atoms with Crippen LogP contribution >= 0.6 is 0 Å². The Kier molecular flexibility index (Phi) is 7.86. The van der Waals surface area contributed by atoms with Crippen molar-refractivity contribution in [2.24, 2.45) is 0 Å². The van der Waals surface area contributed by atoms with Gasteiger partial charge in [-0.3, -0.25) is 0 Å². The predicted molar refractivity (Wildman–Crippen MR) is 170 cm³/mol. The zero-order valence-electron chi connectivity index (χ0n) is 25.1. The molecule has 2 aliphatic rings. The number of carbonyl (C=O) groups is 1. The molecule has 0 amide bonds. The van der Waals surface area contributed by atoms with Crippen LogP contribution in [0.15, 0.2) is 66.7 Å². The van der Waals surface area contributed by atoms with Crippen molar-refractivity contribution < 1.29 is 19.4 Å². The van der Waals surface area contributed by atoms with Crippen LogP contribution in [0.1, 0.15) is 74.4 Å². The number of ether oxygens (including phenoxy) is 2. The number of rotatable bonds is 11. The van der Waals surface area contributed by atoms with E-state index in [2.05, 4.69) is 77.9 Å². The molecular weight excluding hydrogens is 524 g/mol. The van der Waals surface area contributed by atoms with Gasteiger partial charge in [0.15, 0.2) is 5.72 Å². The van der Waals surface area contributed by atoms with Crippen LogP contribution in [-0.4, -0.2) is 47.7 Å². The van der Waals surface area contributed by atoms with Crippen LogP contribution in [0.5, 0.6) is 0 Å². The van der Waals surface area contributed by atoms with E-state index in [1.54, 1.807) is 0 Å². The summed E-state index contributed by atoms with van der Waals surface area (Å²) in [4.78, 5) is 14.9. The molecule has 1 saturated heterocycles. The van der Waals surface area contributed by atoms with Crippen molar-refractivity contribution in [3.05, 3.63) is 83.4 Å². The first-order chi connectivity index (χ1) is 20.5. The molecule has 2 aliphatic heterocycles. The molecule has 220 valence electrons. The number of aryl methyl sites for hydroxylation is 1. The molecule has 0 bridgehead atoms. The first-order valence-corrected chi connectivity index (χ1v) is 15.5. The first-order valence-electron chi connectivity index (χ1n) is 15.5.